The summed E-state index contributed by atoms with van der Waals surface area (Å²) in [7, 11) is -2.02. The van der Waals surface area contributed by atoms with Crippen molar-refractivity contribution in [3.05, 3.63) is 53.9 Å². The van der Waals surface area contributed by atoms with E-state index in [9.17, 15) is 18.5 Å². The first kappa shape index (κ1) is 20.2. The van der Waals surface area contributed by atoms with Crippen LogP contribution >= 0.6 is 11.5 Å². The van der Waals surface area contributed by atoms with E-state index >= 15 is 0 Å². The molecule has 0 aliphatic heterocycles. The number of anilines is 1. The molecule has 29 heavy (non-hydrogen) atoms. The predicted octanol–water partition coefficient (Wildman–Crippen LogP) is 2.29. The highest BCUT2D eigenvalue weighted by atomic mass is 32.2. The summed E-state index contributed by atoms with van der Waals surface area (Å²) in [6.45, 7) is 0. The quantitative estimate of drug-likeness (QED) is 0.470. The lowest BCUT2D eigenvalue weighted by molar-refractivity contribution is -0.112. The lowest BCUT2D eigenvalue weighted by atomic mass is 10.2. The van der Waals surface area contributed by atoms with Crippen LogP contribution in [0.15, 0.2) is 53.3 Å². The summed E-state index contributed by atoms with van der Waals surface area (Å²) in [6, 6.07) is 12.7. The number of benzene rings is 1. The molecule has 11 heteroatoms. The fourth-order valence-corrected chi connectivity index (χ4v) is 3.82. The normalized spacial score (nSPS) is 11.7. The molecule has 0 aliphatic carbocycles. The highest BCUT2D eigenvalue weighted by Crippen LogP contribution is 2.21. The zero-order valence-corrected chi connectivity index (χ0v) is 17.0. The summed E-state index contributed by atoms with van der Waals surface area (Å²) in [5, 5.41) is 11.4. The Kier molecular flexibility index (Phi) is 5.76. The van der Waals surface area contributed by atoms with Crippen molar-refractivity contribution in [1.29, 1.82) is 5.26 Å². The van der Waals surface area contributed by atoms with E-state index < -0.39 is 15.7 Å². The molecule has 0 unspecified atom stereocenters. The average molecular weight is 429 g/mol. The number of rotatable bonds is 6. The molecule has 0 spiro atoms. The maximum atomic E-state index is 12.4. The largest absolute Gasteiger partial charge is 0.497 e. The molecule has 0 atom stereocenters. The van der Waals surface area contributed by atoms with Crippen LogP contribution in [0.2, 0.25) is 0 Å². The number of hydrogen-bond acceptors (Lipinski definition) is 8. The van der Waals surface area contributed by atoms with Gasteiger partial charge in [-0.05, 0) is 30.3 Å². The zero-order chi connectivity index (χ0) is 21.0. The van der Waals surface area contributed by atoms with Gasteiger partial charge in [-0.25, -0.2) is 8.42 Å². The van der Waals surface area contributed by atoms with Crippen molar-refractivity contribution in [2.45, 2.75) is 5.16 Å². The van der Waals surface area contributed by atoms with E-state index in [-0.39, 0.29) is 15.9 Å². The van der Waals surface area contributed by atoms with Gasteiger partial charge >= 0.3 is 0 Å². The molecule has 0 aliphatic rings. The van der Waals surface area contributed by atoms with Crippen molar-refractivity contribution in [2.24, 2.45) is 0 Å². The number of amides is 1. The molecule has 3 rings (SSSR count). The van der Waals surface area contributed by atoms with Crippen LogP contribution in [0, 0.1) is 11.3 Å². The van der Waals surface area contributed by atoms with Gasteiger partial charge in [0.2, 0.25) is 15.0 Å². The molecular weight excluding hydrogens is 414 g/mol. The number of hydrogen-bond donors (Lipinski definition) is 1. The van der Waals surface area contributed by atoms with Crippen molar-refractivity contribution in [3.8, 4) is 17.5 Å². The molecule has 0 fully saturated rings. The van der Waals surface area contributed by atoms with Gasteiger partial charge < -0.3 is 9.30 Å². The monoisotopic (exact) mass is 429 g/mol. The van der Waals surface area contributed by atoms with Gasteiger partial charge in [0.25, 0.3) is 11.1 Å². The van der Waals surface area contributed by atoms with Gasteiger partial charge in [-0.1, -0.05) is 6.07 Å². The van der Waals surface area contributed by atoms with E-state index in [0.717, 1.165) is 11.9 Å². The molecular formula is C18H15N5O4S2. The summed E-state index contributed by atoms with van der Waals surface area (Å²) >= 11 is 0.717. The number of ether oxygens (including phenoxy) is 1. The van der Waals surface area contributed by atoms with Crippen LogP contribution in [-0.4, -0.2) is 41.6 Å². The van der Waals surface area contributed by atoms with E-state index in [1.54, 1.807) is 30.0 Å². The van der Waals surface area contributed by atoms with Crippen molar-refractivity contribution in [3.63, 3.8) is 0 Å². The Morgan fingerprint density at radius 2 is 2.14 bits per heavy atom. The van der Waals surface area contributed by atoms with Crippen LogP contribution in [0.4, 0.5) is 5.13 Å². The first-order valence-electron chi connectivity index (χ1n) is 8.10. The molecule has 1 amide bonds. The molecule has 1 N–H and O–H groups in total. The van der Waals surface area contributed by atoms with Crippen LogP contribution in [0.1, 0.15) is 5.69 Å². The van der Waals surface area contributed by atoms with Crippen molar-refractivity contribution in [1.82, 2.24) is 13.9 Å². The molecule has 2 aromatic heterocycles. The maximum absolute atomic E-state index is 12.4. The Bertz CT molecular complexity index is 1230. The highest BCUT2D eigenvalue weighted by Gasteiger charge is 2.18. The van der Waals surface area contributed by atoms with Gasteiger partial charge in [0, 0.05) is 41.4 Å². The second-order valence-corrected chi connectivity index (χ2v) is 8.44. The minimum Gasteiger partial charge on any atom is -0.497 e. The number of carbonyl (C=O) groups is 1. The summed E-state index contributed by atoms with van der Waals surface area (Å²) in [5.74, 6) is -0.0515. The van der Waals surface area contributed by atoms with E-state index in [2.05, 4.69) is 14.7 Å². The lowest BCUT2D eigenvalue weighted by Crippen LogP contribution is -2.13. The summed E-state index contributed by atoms with van der Waals surface area (Å²) in [6.07, 6.45) is 4.18. The van der Waals surface area contributed by atoms with Crippen LogP contribution in [0.5, 0.6) is 5.75 Å². The topological polar surface area (TPSA) is 127 Å². The average Bonchev–Trinajstić information content (AvgIpc) is 3.35. The van der Waals surface area contributed by atoms with Crippen molar-refractivity contribution < 1.29 is 17.9 Å². The number of nitrogens with one attached hydrogen (secondary N) is 1. The Labute approximate surface area is 171 Å². The number of methoxy groups -OCH3 is 1. The van der Waals surface area contributed by atoms with Crippen molar-refractivity contribution in [2.75, 3.05) is 18.7 Å². The molecule has 0 radical (unpaired) electrons. The highest BCUT2D eigenvalue weighted by molar-refractivity contribution is 7.90. The third-order valence-corrected chi connectivity index (χ3v) is 5.32. The van der Waals surface area contributed by atoms with Crippen LogP contribution in [0.25, 0.3) is 11.8 Å². The fraction of sp³-hybridized carbons (Fsp3) is 0.111. The van der Waals surface area contributed by atoms with Crippen LogP contribution in [-0.2, 0) is 14.6 Å². The smallest absolute Gasteiger partial charge is 0.268 e. The summed E-state index contributed by atoms with van der Waals surface area (Å²) in [5.41, 5.74) is 1.21. The SMILES string of the molecule is COc1cccc(-n2cccc2C=C(C#N)C(=O)Nc2nc(S(C)(=O)=O)ns2)c1. The Morgan fingerprint density at radius 1 is 1.34 bits per heavy atom. The van der Waals surface area contributed by atoms with E-state index in [1.807, 2.05) is 30.3 Å². The van der Waals surface area contributed by atoms with Gasteiger partial charge in [0.05, 0.1) is 7.11 Å². The van der Waals surface area contributed by atoms with E-state index in [4.69, 9.17) is 4.74 Å². The number of nitriles is 1. The lowest BCUT2D eigenvalue weighted by Gasteiger charge is -2.09. The standard InChI is InChI=1S/C18H15N5O4S2/c1-27-15-7-3-5-14(10-15)23-8-4-6-13(23)9-12(11-19)16(24)20-17-21-18(22-28-17)29(2,25)26/h3-10H,1-2H3,(H,20,21,22,24). The third-order valence-electron chi connectivity index (χ3n) is 3.73. The summed E-state index contributed by atoms with van der Waals surface area (Å²) in [4.78, 5) is 16.2. The Hall–Kier alpha value is -3.49. The zero-order valence-electron chi connectivity index (χ0n) is 15.4. The molecule has 148 valence electrons. The second-order valence-electron chi connectivity index (χ2n) is 5.78. The van der Waals surface area contributed by atoms with Gasteiger partial charge in [-0.3, -0.25) is 10.1 Å². The molecule has 0 saturated carbocycles. The minimum absolute atomic E-state index is 0.0141. The number of nitrogens with zero attached hydrogens (tertiary/aromatic N) is 4. The third kappa shape index (κ3) is 4.68. The number of carbonyl (C=O) groups excluding carboxylic acids is 1. The van der Waals surface area contributed by atoms with Gasteiger partial charge in [0.1, 0.15) is 17.4 Å². The first-order chi connectivity index (χ1) is 13.8. The molecule has 0 saturated heterocycles. The molecule has 2 heterocycles. The number of sulfone groups is 1. The van der Waals surface area contributed by atoms with Crippen molar-refractivity contribution >= 4 is 38.5 Å². The summed E-state index contributed by atoms with van der Waals surface area (Å²) < 4.78 is 33.6. The second kappa shape index (κ2) is 8.26. The Morgan fingerprint density at radius 3 is 2.79 bits per heavy atom. The van der Waals surface area contributed by atoms with Crippen LogP contribution in [0.3, 0.4) is 0 Å². The molecule has 3 aromatic rings. The molecule has 1 aromatic carbocycles. The Balaban J connectivity index is 1.87. The maximum Gasteiger partial charge on any atom is 0.268 e. The molecule has 0 bridgehead atoms. The predicted molar refractivity (Wildman–Crippen MR) is 108 cm³/mol. The van der Waals surface area contributed by atoms with E-state index in [1.165, 1.54) is 6.08 Å². The van der Waals surface area contributed by atoms with Gasteiger partial charge in [-0.15, -0.1) is 0 Å². The van der Waals surface area contributed by atoms with Gasteiger partial charge in [0.15, 0.2) is 0 Å². The fourth-order valence-electron chi connectivity index (χ4n) is 2.38. The number of aromatic nitrogens is 3. The van der Waals surface area contributed by atoms with E-state index in [0.29, 0.717) is 23.0 Å². The molecule has 9 nitrogen and oxygen atoms in total. The minimum atomic E-state index is -3.58. The van der Waals surface area contributed by atoms with Gasteiger partial charge in [-0.2, -0.15) is 14.6 Å². The van der Waals surface area contributed by atoms with Crippen LogP contribution < -0.4 is 10.1 Å². The first-order valence-corrected chi connectivity index (χ1v) is 10.8.